The molecule has 29 heavy (non-hydrogen) atoms. The number of benzene rings is 2. The van der Waals surface area contributed by atoms with E-state index < -0.39 is 5.92 Å². The number of carbonyl (C=O) groups excluding carboxylic acids is 2. The minimum atomic E-state index is -0.464. The van der Waals surface area contributed by atoms with Gasteiger partial charge in [0.05, 0.1) is 12.0 Å². The molecule has 1 aliphatic heterocycles. The fraction of sp³-hybridized carbons (Fsp3) is 0.333. The van der Waals surface area contributed by atoms with Gasteiger partial charge >= 0.3 is 0 Å². The number of amides is 2. The number of nitrogens with zero attached hydrogens (tertiary/aromatic N) is 2. The number of likely N-dealkylation sites (N-methyl/N-ethyl adjacent to an activating group) is 1. The Bertz CT molecular complexity index is 1080. The van der Waals surface area contributed by atoms with Gasteiger partial charge in [0.1, 0.15) is 0 Å². The monoisotopic (exact) mass is 389 g/mol. The van der Waals surface area contributed by atoms with Gasteiger partial charge in [-0.05, 0) is 31.0 Å². The molecule has 0 radical (unpaired) electrons. The highest BCUT2D eigenvalue weighted by atomic mass is 16.2. The first kappa shape index (κ1) is 19.2. The molecule has 1 aliphatic rings. The van der Waals surface area contributed by atoms with Crippen LogP contribution < -0.4 is 5.32 Å². The zero-order valence-electron chi connectivity index (χ0n) is 17.3. The van der Waals surface area contributed by atoms with Gasteiger partial charge in [-0.15, -0.1) is 0 Å². The topological polar surface area (TPSA) is 54.3 Å². The maximum Gasteiger partial charge on any atom is 0.254 e. The van der Waals surface area contributed by atoms with Gasteiger partial charge in [-0.1, -0.05) is 43.3 Å². The van der Waals surface area contributed by atoms with E-state index in [-0.39, 0.29) is 23.9 Å². The fourth-order valence-corrected chi connectivity index (χ4v) is 4.39. The van der Waals surface area contributed by atoms with Crippen molar-refractivity contribution in [3.05, 3.63) is 71.4 Å². The van der Waals surface area contributed by atoms with Gasteiger partial charge in [-0.3, -0.25) is 9.59 Å². The smallest absolute Gasteiger partial charge is 0.254 e. The van der Waals surface area contributed by atoms with Crippen LogP contribution in [-0.2, 0) is 11.8 Å². The van der Waals surface area contributed by atoms with Gasteiger partial charge in [0, 0.05) is 48.4 Å². The van der Waals surface area contributed by atoms with Crippen molar-refractivity contribution in [2.75, 3.05) is 7.05 Å². The maximum atomic E-state index is 13.5. The SMILES string of the molecule is CCC(C)NC(=O)C1c2ccccc2C(=O)N(C)C1c1cn(C)c2ccccc12. The number of aromatic nitrogens is 1. The molecule has 0 bridgehead atoms. The van der Waals surface area contributed by atoms with E-state index in [9.17, 15) is 9.59 Å². The summed E-state index contributed by atoms with van der Waals surface area (Å²) in [4.78, 5) is 28.4. The van der Waals surface area contributed by atoms with Crippen LogP contribution in [-0.4, -0.2) is 34.4 Å². The average molecular weight is 389 g/mol. The van der Waals surface area contributed by atoms with Crippen molar-refractivity contribution >= 4 is 22.7 Å². The first-order valence-corrected chi connectivity index (χ1v) is 10.1. The van der Waals surface area contributed by atoms with E-state index in [0.29, 0.717) is 5.56 Å². The third-order valence-corrected chi connectivity index (χ3v) is 6.11. The second kappa shape index (κ2) is 7.39. The van der Waals surface area contributed by atoms with Crippen molar-refractivity contribution in [1.82, 2.24) is 14.8 Å². The van der Waals surface area contributed by atoms with Crippen LogP contribution in [0.3, 0.4) is 0 Å². The van der Waals surface area contributed by atoms with E-state index >= 15 is 0 Å². The predicted molar refractivity (Wildman–Crippen MR) is 115 cm³/mol. The Kier molecular flexibility index (Phi) is 4.91. The van der Waals surface area contributed by atoms with Gasteiger partial charge in [-0.2, -0.15) is 0 Å². The molecule has 0 fully saturated rings. The summed E-state index contributed by atoms with van der Waals surface area (Å²) in [6.45, 7) is 4.06. The average Bonchev–Trinajstić information content (AvgIpc) is 3.06. The van der Waals surface area contributed by atoms with Crippen molar-refractivity contribution in [3.8, 4) is 0 Å². The highest BCUT2D eigenvalue weighted by Crippen LogP contribution is 2.44. The van der Waals surface area contributed by atoms with Crippen molar-refractivity contribution in [2.45, 2.75) is 38.3 Å². The van der Waals surface area contributed by atoms with E-state index in [4.69, 9.17) is 0 Å². The highest BCUT2D eigenvalue weighted by molar-refractivity contribution is 6.02. The lowest BCUT2D eigenvalue weighted by molar-refractivity contribution is -0.124. The van der Waals surface area contributed by atoms with Crippen molar-refractivity contribution in [2.24, 2.45) is 7.05 Å². The van der Waals surface area contributed by atoms with E-state index in [2.05, 4.69) is 35.1 Å². The molecule has 2 amide bonds. The lowest BCUT2D eigenvalue weighted by Crippen LogP contribution is -2.47. The molecule has 2 heterocycles. The molecule has 5 heteroatoms. The van der Waals surface area contributed by atoms with Crippen molar-refractivity contribution in [1.29, 1.82) is 0 Å². The van der Waals surface area contributed by atoms with Crippen LogP contribution in [0.25, 0.3) is 10.9 Å². The van der Waals surface area contributed by atoms with Crippen LogP contribution in [0.15, 0.2) is 54.7 Å². The Morgan fingerprint density at radius 1 is 1.07 bits per heavy atom. The summed E-state index contributed by atoms with van der Waals surface area (Å²) < 4.78 is 2.06. The fourth-order valence-electron chi connectivity index (χ4n) is 4.39. The molecule has 3 atom stereocenters. The highest BCUT2D eigenvalue weighted by Gasteiger charge is 2.43. The van der Waals surface area contributed by atoms with Crippen LogP contribution in [0.4, 0.5) is 0 Å². The van der Waals surface area contributed by atoms with Crippen LogP contribution in [0.1, 0.15) is 53.7 Å². The molecule has 0 aliphatic carbocycles. The number of aryl methyl sites for hydroxylation is 1. The third-order valence-electron chi connectivity index (χ3n) is 6.11. The third kappa shape index (κ3) is 3.11. The predicted octanol–water partition coefficient (Wildman–Crippen LogP) is 4.00. The lowest BCUT2D eigenvalue weighted by atomic mass is 9.79. The molecule has 0 spiro atoms. The second-order valence-corrected chi connectivity index (χ2v) is 7.96. The first-order chi connectivity index (χ1) is 13.9. The molecule has 2 aromatic carbocycles. The summed E-state index contributed by atoms with van der Waals surface area (Å²) in [7, 11) is 3.80. The molecule has 0 saturated carbocycles. The summed E-state index contributed by atoms with van der Waals surface area (Å²) >= 11 is 0. The standard InChI is InChI=1S/C24H27N3O2/c1-5-15(2)25-23(28)21-17-11-6-7-12-18(17)24(29)27(4)22(21)19-14-26(3)20-13-9-8-10-16(19)20/h6-15,21-22H,5H2,1-4H3,(H,25,28). The molecule has 1 aromatic heterocycles. The first-order valence-electron chi connectivity index (χ1n) is 10.1. The van der Waals surface area contributed by atoms with Gasteiger partial charge < -0.3 is 14.8 Å². The zero-order valence-corrected chi connectivity index (χ0v) is 17.3. The van der Waals surface area contributed by atoms with E-state index in [1.54, 1.807) is 11.9 Å². The van der Waals surface area contributed by atoms with Crippen LogP contribution in [0, 0.1) is 0 Å². The number of nitrogens with one attached hydrogen (secondary N) is 1. The number of hydrogen-bond acceptors (Lipinski definition) is 2. The lowest BCUT2D eigenvalue weighted by Gasteiger charge is -2.39. The maximum absolute atomic E-state index is 13.5. The second-order valence-electron chi connectivity index (χ2n) is 7.96. The van der Waals surface area contributed by atoms with E-state index in [1.807, 2.05) is 50.4 Å². The van der Waals surface area contributed by atoms with E-state index in [0.717, 1.165) is 28.5 Å². The summed E-state index contributed by atoms with van der Waals surface area (Å²) in [6.07, 6.45) is 2.91. The molecule has 1 N–H and O–H groups in total. The molecule has 4 rings (SSSR count). The number of para-hydroxylation sites is 1. The van der Waals surface area contributed by atoms with Gasteiger partial charge in [0.2, 0.25) is 5.91 Å². The Morgan fingerprint density at radius 3 is 2.52 bits per heavy atom. The van der Waals surface area contributed by atoms with Gasteiger partial charge in [0.15, 0.2) is 0 Å². The number of fused-ring (bicyclic) bond motifs is 2. The summed E-state index contributed by atoms with van der Waals surface area (Å²) in [5.74, 6) is -0.552. The summed E-state index contributed by atoms with van der Waals surface area (Å²) in [6, 6.07) is 15.3. The van der Waals surface area contributed by atoms with Crippen LogP contribution >= 0.6 is 0 Å². The normalized spacial score (nSPS) is 19.9. The Hall–Kier alpha value is -3.08. The minimum Gasteiger partial charge on any atom is -0.353 e. The zero-order chi connectivity index (χ0) is 20.7. The quantitative estimate of drug-likeness (QED) is 0.733. The summed E-state index contributed by atoms with van der Waals surface area (Å²) in [5.41, 5.74) is 3.49. The molecular weight excluding hydrogens is 362 g/mol. The Balaban J connectivity index is 1.92. The molecule has 5 nitrogen and oxygen atoms in total. The van der Waals surface area contributed by atoms with Crippen LogP contribution in [0.2, 0.25) is 0 Å². The largest absolute Gasteiger partial charge is 0.353 e. The van der Waals surface area contributed by atoms with E-state index in [1.165, 1.54) is 0 Å². The number of rotatable bonds is 4. The molecular formula is C24H27N3O2. The molecule has 150 valence electrons. The van der Waals surface area contributed by atoms with Crippen LogP contribution in [0.5, 0.6) is 0 Å². The number of hydrogen-bond donors (Lipinski definition) is 1. The summed E-state index contributed by atoms with van der Waals surface area (Å²) in [5, 5.41) is 4.22. The Labute approximate surface area is 171 Å². The van der Waals surface area contributed by atoms with Gasteiger partial charge in [-0.25, -0.2) is 0 Å². The molecule has 0 saturated heterocycles. The number of carbonyl (C=O) groups is 2. The molecule has 3 aromatic rings. The van der Waals surface area contributed by atoms with Crippen molar-refractivity contribution in [3.63, 3.8) is 0 Å². The molecule has 3 unspecified atom stereocenters. The minimum absolute atomic E-state index is 0.0379. The van der Waals surface area contributed by atoms with Crippen molar-refractivity contribution < 1.29 is 9.59 Å². The van der Waals surface area contributed by atoms with Gasteiger partial charge in [0.25, 0.3) is 5.91 Å². The Morgan fingerprint density at radius 2 is 1.76 bits per heavy atom.